The number of hydrogen-bond donors (Lipinski definition) is 0. The van der Waals surface area contributed by atoms with Crippen LogP contribution < -0.4 is 4.90 Å². The number of carbonyl (C=O) groups excluding carboxylic acids is 1. The van der Waals surface area contributed by atoms with Crippen molar-refractivity contribution in [3.8, 4) is 11.1 Å². The van der Waals surface area contributed by atoms with Gasteiger partial charge in [0.1, 0.15) is 17.5 Å². The van der Waals surface area contributed by atoms with Gasteiger partial charge in [0, 0.05) is 36.5 Å². The average molecular weight is 331 g/mol. The number of aromatic nitrogens is 1. The van der Waals surface area contributed by atoms with Gasteiger partial charge in [-0.3, -0.25) is 4.90 Å². The Morgan fingerprint density at radius 2 is 1.92 bits per heavy atom. The van der Waals surface area contributed by atoms with Gasteiger partial charge < -0.3 is 4.90 Å². The first-order chi connectivity index (χ1) is 11.3. The Balaban J connectivity index is 1.88. The van der Waals surface area contributed by atoms with Crippen molar-refractivity contribution in [1.82, 2.24) is 9.88 Å². The first-order valence-electron chi connectivity index (χ1n) is 7.76. The molecule has 2 heterocycles. The highest BCUT2D eigenvalue weighted by atomic mass is 19.1. The molecule has 126 valence electrons. The predicted octanol–water partition coefficient (Wildman–Crippen LogP) is 4.07. The summed E-state index contributed by atoms with van der Waals surface area (Å²) in [5, 5.41) is 0. The van der Waals surface area contributed by atoms with Crippen LogP contribution in [0.5, 0.6) is 0 Å². The Morgan fingerprint density at radius 3 is 2.58 bits per heavy atom. The maximum atomic E-state index is 13.8. The van der Waals surface area contributed by atoms with Crippen LogP contribution in [0.4, 0.5) is 19.4 Å². The average Bonchev–Trinajstić information content (AvgIpc) is 2.56. The van der Waals surface area contributed by atoms with Crippen LogP contribution in [0.1, 0.15) is 20.3 Å². The fraction of sp³-hybridized carbons (Fsp3) is 0.333. The minimum absolute atomic E-state index is 0.122. The largest absolute Gasteiger partial charge is 0.325 e. The van der Waals surface area contributed by atoms with Gasteiger partial charge in [-0.25, -0.2) is 18.6 Å². The van der Waals surface area contributed by atoms with Gasteiger partial charge in [-0.2, -0.15) is 0 Å². The van der Waals surface area contributed by atoms with E-state index in [0.717, 1.165) is 24.6 Å². The summed E-state index contributed by atoms with van der Waals surface area (Å²) in [6.07, 6.45) is 2.28. The van der Waals surface area contributed by atoms with Gasteiger partial charge in [0.15, 0.2) is 0 Å². The molecule has 1 aliphatic heterocycles. The fourth-order valence-corrected chi connectivity index (χ4v) is 2.73. The molecule has 3 rings (SSSR count). The lowest BCUT2D eigenvalue weighted by Crippen LogP contribution is -2.57. The maximum absolute atomic E-state index is 13.8. The van der Waals surface area contributed by atoms with Crippen LogP contribution in [0, 0.1) is 11.6 Å². The molecule has 1 aliphatic rings. The van der Waals surface area contributed by atoms with E-state index >= 15 is 0 Å². The standard InChI is InChI=1S/C18H19F2N3O/c1-18(2)8-9-23(17(24)22(18)3)16-7-4-12(11-21-16)14-10-13(19)5-6-15(14)20/h4-7,10-11H,8-9H2,1-3H3. The second kappa shape index (κ2) is 5.85. The van der Waals surface area contributed by atoms with Crippen LogP contribution >= 0.6 is 0 Å². The topological polar surface area (TPSA) is 36.4 Å². The molecular formula is C18H19F2N3O. The second-order valence-corrected chi connectivity index (χ2v) is 6.58. The van der Waals surface area contributed by atoms with Gasteiger partial charge in [-0.1, -0.05) is 0 Å². The number of halogens is 2. The van der Waals surface area contributed by atoms with Crippen molar-refractivity contribution in [2.75, 3.05) is 18.5 Å². The summed E-state index contributed by atoms with van der Waals surface area (Å²) >= 11 is 0. The summed E-state index contributed by atoms with van der Waals surface area (Å²) in [6, 6.07) is 6.48. The molecular weight excluding hydrogens is 312 g/mol. The molecule has 24 heavy (non-hydrogen) atoms. The molecule has 2 amide bonds. The molecule has 0 atom stereocenters. The summed E-state index contributed by atoms with van der Waals surface area (Å²) in [6.45, 7) is 4.60. The van der Waals surface area contributed by atoms with Gasteiger partial charge in [0.05, 0.1) is 0 Å². The van der Waals surface area contributed by atoms with Crippen LogP contribution in [-0.2, 0) is 0 Å². The van der Waals surface area contributed by atoms with E-state index in [-0.39, 0.29) is 17.1 Å². The Labute approximate surface area is 139 Å². The van der Waals surface area contributed by atoms with Crippen LogP contribution in [0.3, 0.4) is 0 Å². The molecule has 4 nitrogen and oxygen atoms in total. The highest BCUT2D eigenvalue weighted by Crippen LogP contribution is 2.29. The van der Waals surface area contributed by atoms with E-state index < -0.39 is 11.6 Å². The number of pyridine rings is 1. The number of rotatable bonds is 2. The molecule has 6 heteroatoms. The molecule has 0 saturated carbocycles. The lowest BCUT2D eigenvalue weighted by Gasteiger charge is -2.44. The number of nitrogens with zero attached hydrogens (tertiary/aromatic N) is 3. The molecule has 1 aromatic carbocycles. The van der Waals surface area contributed by atoms with Crippen molar-refractivity contribution >= 4 is 11.8 Å². The molecule has 0 unspecified atom stereocenters. The molecule has 1 aromatic heterocycles. The van der Waals surface area contributed by atoms with Crippen LogP contribution in [-0.4, -0.2) is 35.0 Å². The van der Waals surface area contributed by atoms with Gasteiger partial charge in [-0.15, -0.1) is 0 Å². The monoisotopic (exact) mass is 331 g/mol. The lowest BCUT2D eigenvalue weighted by molar-refractivity contribution is 0.140. The third-order valence-electron chi connectivity index (χ3n) is 4.64. The lowest BCUT2D eigenvalue weighted by atomic mass is 9.96. The van der Waals surface area contributed by atoms with E-state index in [0.29, 0.717) is 17.9 Å². The zero-order valence-corrected chi connectivity index (χ0v) is 13.9. The molecule has 0 radical (unpaired) electrons. The van der Waals surface area contributed by atoms with Crippen molar-refractivity contribution in [1.29, 1.82) is 0 Å². The second-order valence-electron chi connectivity index (χ2n) is 6.58. The summed E-state index contributed by atoms with van der Waals surface area (Å²) in [5.74, 6) is -0.519. The van der Waals surface area contributed by atoms with Gasteiger partial charge in [0.25, 0.3) is 0 Å². The SMILES string of the molecule is CN1C(=O)N(c2ccc(-c3cc(F)ccc3F)cn2)CCC1(C)C. The molecule has 0 aliphatic carbocycles. The molecule has 2 aromatic rings. The first-order valence-corrected chi connectivity index (χ1v) is 7.76. The van der Waals surface area contributed by atoms with Gasteiger partial charge >= 0.3 is 6.03 Å². The fourth-order valence-electron chi connectivity index (χ4n) is 2.73. The summed E-state index contributed by atoms with van der Waals surface area (Å²) in [5.41, 5.74) is 0.421. The number of urea groups is 1. The molecule has 1 saturated heterocycles. The zero-order valence-electron chi connectivity index (χ0n) is 13.9. The Hall–Kier alpha value is -2.50. The summed E-state index contributed by atoms with van der Waals surface area (Å²) in [4.78, 5) is 20.1. The van der Waals surface area contributed by atoms with Crippen LogP contribution in [0.15, 0.2) is 36.5 Å². The molecule has 0 N–H and O–H groups in total. The third-order valence-corrected chi connectivity index (χ3v) is 4.64. The number of amides is 2. The number of hydrogen-bond acceptors (Lipinski definition) is 2. The molecule has 1 fully saturated rings. The van der Waals surface area contributed by atoms with E-state index in [1.54, 1.807) is 29.0 Å². The quantitative estimate of drug-likeness (QED) is 0.832. The van der Waals surface area contributed by atoms with Crippen LogP contribution in [0.25, 0.3) is 11.1 Å². The minimum Gasteiger partial charge on any atom is -0.322 e. The Bertz CT molecular complexity index is 774. The maximum Gasteiger partial charge on any atom is 0.325 e. The minimum atomic E-state index is -0.513. The van der Waals surface area contributed by atoms with Crippen molar-refractivity contribution in [3.63, 3.8) is 0 Å². The van der Waals surface area contributed by atoms with E-state index in [2.05, 4.69) is 4.98 Å². The number of carbonyl (C=O) groups is 1. The zero-order chi connectivity index (χ0) is 17.5. The predicted molar refractivity (Wildman–Crippen MR) is 88.8 cm³/mol. The molecule has 0 bridgehead atoms. The van der Waals surface area contributed by atoms with Crippen LogP contribution in [0.2, 0.25) is 0 Å². The highest BCUT2D eigenvalue weighted by Gasteiger charge is 2.37. The summed E-state index contributed by atoms with van der Waals surface area (Å²) < 4.78 is 27.2. The number of benzene rings is 1. The normalized spacial score (nSPS) is 17.3. The van der Waals surface area contributed by atoms with Gasteiger partial charge in [0.2, 0.25) is 0 Å². The Kier molecular flexibility index (Phi) is 3.99. The van der Waals surface area contributed by atoms with E-state index in [1.807, 2.05) is 13.8 Å². The van der Waals surface area contributed by atoms with Crippen molar-refractivity contribution in [2.24, 2.45) is 0 Å². The van der Waals surface area contributed by atoms with E-state index in [9.17, 15) is 13.6 Å². The molecule has 0 spiro atoms. The third kappa shape index (κ3) is 2.84. The van der Waals surface area contributed by atoms with Crippen molar-refractivity contribution < 1.29 is 13.6 Å². The number of anilines is 1. The van der Waals surface area contributed by atoms with Crippen molar-refractivity contribution in [3.05, 3.63) is 48.2 Å². The summed E-state index contributed by atoms with van der Waals surface area (Å²) in [7, 11) is 1.77. The van der Waals surface area contributed by atoms with E-state index in [4.69, 9.17) is 0 Å². The highest BCUT2D eigenvalue weighted by molar-refractivity contribution is 5.92. The Morgan fingerprint density at radius 1 is 1.17 bits per heavy atom. The smallest absolute Gasteiger partial charge is 0.322 e. The van der Waals surface area contributed by atoms with Gasteiger partial charge in [-0.05, 0) is 50.6 Å². The van der Waals surface area contributed by atoms with Crippen molar-refractivity contribution in [2.45, 2.75) is 25.8 Å². The first kappa shape index (κ1) is 16.4. The van der Waals surface area contributed by atoms with E-state index in [1.165, 1.54) is 6.20 Å².